The van der Waals surface area contributed by atoms with Gasteiger partial charge in [0.1, 0.15) is 5.75 Å². The third-order valence-corrected chi connectivity index (χ3v) is 3.44. The Labute approximate surface area is 146 Å². The number of ether oxygens (including phenoxy) is 1. The largest absolute Gasteiger partial charge is 0.490 e. The Bertz CT molecular complexity index is 843. The molecule has 1 N–H and O–H groups in total. The number of nitrogens with zero attached hydrogens (tertiary/aromatic N) is 3. The zero-order valence-corrected chi connectivity index (χ0v) is 14.2. The minimum absolute atomic E-state index is 0.00681. The number of hydrogen-bond acceptors (Lipinski definition) is 4. The van der Waals surface area contributed by atoms with Gasteiger partial charge in [0.25, 0.3) is 5.91 Å². The number of hydrogen-bond donors (Lipinski definition) is 1. The molecule has 3 aromatic rings. The van der Waals surface area contributed by atoms with Crippen molar-refractivity contribution in [2.75, 3.05) is 5.32 Å². The van der Waals surface area contributed by atoms with Crippen molar-refractivity contribution >= 4 is 11.7 Å². The lowest BCUT2D eigenvalue weighted by atomic mass is 10.2. The highest BCUT2D eigenvalue weighted by atomic mass is 16.5. The standard InChI is InChI=1S/C19H20N4O2/c1-14(2)25-17-8-4-3-7-16(17)19(24)21-18-9-11-23(22-18)13-15-6-5-10-20-12-15/h3-12,14H,13H2,1-2H3,(H,21,22,24). The molecule has 0 radical (unpaired) electrons. The number of carbonyl (C=O) groups excluding carboxylic acids is 1. The highest BCUT2D eigenvalue weighted by Crippen LogP contribution is 2.20. The fourth-order valence-electron chi connectivity index (χ4n) is 2.39. The van der Waals surface area contributed by atoms with Gasteiger partial charge in [0.15, 0.2) is 5.82 Å². The molecule has 1 aromatic carbocycles. The molecule has 0 aliphatic carbocycles. The highest BCUT2D eigenvalue weighted by Gasteiger charge is 2.14. The molecule has 0 aliphatic heterocycles. The Morgan fingerprint density at radius 1 is 1.20 bits per heavy atom. The van der Waals surface area contributed by atoms with Gasteiger partial charge in [-0.2, -0.15) is 5.10 Å². The molecule has 0 bridgehead atoms. The number of amides is 1. The summed E-state index contributed by atoms with van der Waals surface area (Å²) in [5.74, 6) is 0.806. The second-order valence-corrected chi connectivity index (χ2v) is 5.88. The summed E-state index contributed by atoms with van der Waals surface area (Å²) in [5.41, 5.74) is 1.53. The zero-order valence-electron chi connectivity index (χ0n) is 14.2. The SMILES string of the molecule is CC(C)Oc1ccccc1C(=O)Nc1ccn(Cc2cccnc2)n1. The molecule has 6 heteroatoms. The summed E-state index contributed by atoms with van der Waals surface area (Å²) in [4.78, 5) is 16.6. The molecule has 6 nitrogen and oxygen atoms in total. The maximum absolute atomic E-state index is 12.5. The molecular formula is C19H20N4O2. The first-order chi connectivity index (χ1) is 12.1. The lowest BCUT2D eigenvalue weighted by molar-refractivity contribution is 0.102. The Kier molecular flexibility index (Phi) is 5.09. The van der Waals surface area contributed by atoms with E-state index in [2.05, 4.69) is 15.4 Å². The van der Waals surface area contributed by atoms with Crippen molar-refractivity contribution in [3.05, 3.63) is 72.2 Å². The maximum Gasteiger partial charge on any atom is 0.260 e. The molecule has 0 saturated carbocycles. The van der Waals surface area contributed by atoms with Crippen LogP contribution in [0.5, 0.6) is 5.75 Å². The number of para-hydroxylation sites is 1. The van der Waals surface area contributed by atoms with Gasteiger partial charge in [0.05, 0.1) is 18.2 Å². The van der Waals surface area contributed by atoms with Crippen molar-refractivity contribution in [1.29, 1.82) is 0 Å². The summed E-state index contributed by atoms with van der Waals surface area (Å²) in [6, 6.07) is 12.8. The van der Waals surface area contributed by atoms with Crippen LogP contribution in [0.1, 0.15) is 29.8 Å². The van der Waals surface area contributed by atoms with Crippen molar-refractivity contribution in [2.45, 2.75) is 26.5 Å². The van der Waals surface area contributed by atoms with Gasteiger partial charge in [-0.15, -0.1) is 0 Å². The van der Waals surface area contributed by atoms with E-state index in [1.807, 2.05) is 44.3 Å². The lowest BCUT2D eigenvalue weighted by Gasteiger charge is -2.13. The lowest BCUT2D eigenvalue weighted by Crippen LogP contribution is -2.16. The highest BCUT2D eigenvalue weighted by molar-refractivity contribution is 6.05. The van der Waals surface area contributed by atoms with E-state index in [-0.39, 0.29) is 12.0 Å². The van der Waals surface area contributed by atoms with Crippen molar-refractivity contribution in [3.8, 4) is 5.75 Å². The zero-order chi connectivity index (χ0) is 17.6. The fourth-order valence-corrected chi connectivity index (χ4v) is 2.39. The molecule has 0 saturated heterocycles. The Balaban J connectivity index is 1.70. The van der Waals surface area contributed by atoms with E-state index >= 15 is 0 Å². The predicted octanol–water partition coefficient (Wildman–Crippen LogP) is 3.37. The summed E-state index contributed by atoms with van der Waals surface area (Å²) in [7, 11) is 0. The molecule has 0 fully saturated rings. The third kappa shape index (κ3) is 4.44. The second kappa shape index (κ2) is 7.61. The van der Waals surface area contributed by atoms with Crippen molar-refractivity contribution in [1.82, 2.24) is 14.8 Å². The van der Waals surface area contributed by atoms with E-state index < -0.39 is 0 Å². The maximum atomic E-state index is 12.5. The van der Waals surface area contributed by atoms with Crippen LogP contribution < -0.4 is 10.1 Å². The van der Waals surface area contributed by atoms with E-state index in [0.717, 1.165) is 5.56 Å². The van der Waals surface area contributed by atoms with Crippen LogP contribution in [0.4, 0.5) is 5.82 Å². The third-order valence-electron chi connectivity index (χ3n) is 3.44. The van der Waals surface area contributed by atoms with E-state index in [4.69, 9.17) is 4.74 Å². The van der Waals surface area contributed by atoms with Gasteiger partial charge in [-0.25, -0.2) is 0 Å². The predicted molar refractivity (Wildman–Crippen MR) is 95.7 cm³/mol. The van der Waals surface area contributed by atoms with E-state index in [1.165, 1.54) is 0 Å². The Morgan fingerprint density at radius 3 is 2.80 bits per heavy atom. The number of pyridine rings is 1. The number of aromatic nitrogens is 3. The van der Waals surface area contributed by atoms with Crippen LogP contribution in [0, 0.1) is 0 Å². The first-order valence-electron chi connectivity index (χ1n) is 8.11. The van der Waals surface area contributed by atoms with E-state index in [9.17, 15) is 4.79 Å². The number of carbonyl (C=O) groups is 1. The van der Waals surface area contributed by atoms with Crippen LogP contribution in [-0.2, 0) is 6.54 Å². The van der Waals surface area contributed by atoms with Gasteiger partial charge in [0.2, 0.25) is 0 Å². The van der Waals surface area contributed by atoms with E-state index in [0.29, 0.717) is 23.7 Å². The monoisotopic (exact) mass is 336 g/mol. The average Bonchev–Trinajstić information content (AvgIpc) is 3.02. The summed E-state index contributed by atoms with van der Waals surface area (Å²) in [5, 5.41) is 7.19. The minimum atomic E-state index is -0.247. The molecule has 1 amide bonds. The number of nitrogens with one attached hydrogen (secondary N) is 1. The first-order valence-corrected chi connectivity index (χ1v) is 8.11. The van der Waals surface area contributed by atoms with Crippen molar-refractivity contribution in [2.24, 2.45) is 0 Å². The van der Waals surface area contributed by atoms with E-state index in [1.54, 1.807) is 35.3 Å². The number of anilines is 1. The van der Waals surface area contributed by atoms with Gasteiger partial charge in [0, 0.05) is 24.7 Å². The van der Waals surface area contributed by atoms with Gasteiger partial charge < -0.3 is 10.1 Å². The van der Waals surface area contributed by atoms with Crippen molar-refractivity contribution < 1.29 is 9.53 Å². The minimum Gasteiger partial charge on any atom is -0.490 e. The summed E-state index contributed by atoms with van der Waals surface area (Å²) >= 11 is 0. The summed E-state index contributed by atoms with van der Waals surface area (Å²) < 4.78 is 7.45. The molecule has 0 unspecified atom stereocenters. The Hall–Kier alpha value is -3.15. The van der Waals surface area contributed by atoms with Crippen molar-refractivity contribution in [3.63, 3.8) is 0 Å². The molecule has 2 aromatic heterocycles. The summed E-state index contributed by atoms with van der Waals surface area (Å²) in [6.45, 7) is 4.44. The van der Waals surface area contributed by atoms with Crippen LogP contribution in [0.2, 0.25) is 0 Å². The van der Waals surface area contributed by atoms with Gasteiger partial charge in [-0.05, 0) is 37.6 Å². The fraction of sp³-hybridized carbons (Fsp3) is 0.211. The van der Waals surface area contributed by atoms with Crippen LogP contribution in [0.15, 0.2) is 61.1 Å². The number of rotatable bonds is 6. The smallest absolute Gasteiger partial charge is 0.260 e. The molecule has 0 atom stereocenters. The van der Waals surface area contributed by atoms with Gasteiger partial charge in [-0.3, -0.25) is 14.5 Å². The normalized spacial score (nSPS) is 10.7. The topological polar surface area (TPSA) is 69.0 Å². The van der Waals surface area contributed by atoms with Gasteiger partial charge >= 0.3 is 0 Å². The quantitative estimate of drug-likeness (QED) is 0.749. The van der Waals surface area contributed by atoms with Crippen LogP contribution in [0.25, 0.3) is 0 Å². The van der Waals surface area contributed by atoms with Gasteiger partial charge in [-0.1, -0.05) is 18.2 Å². The van der Waals surface area contributed by atoms with Crippen LogP contribution in [-0.4, -0.2) is 26.8 Å². The van der Waals surface area contributed by atoms with Crippen LogP contribution >= 0.6 is 0 Å². The molecule has 0 spiro atoms. The Morgan fingerprint density at radius 2 is 2.04 bits per heavy atom. The molecular weight excluding hydrogens is 316 g/mol. The van der Waals surface area contributed by atoms with Crippen LogP contribution in [0.3, 0.4) is 0 Å². The molecule has 128 valence electrons. The molecule has 25 heavy (non-hydrogen) atoms. The molecule has 2 heterocycles. The second-order valence-electron chi connectivity index (χ2n) is 5.88. The average molecular weight is 336 g/mol. The number of benzene rings is 1. The summed E-state index contributed by atoms with van der Waals surface area (Å²) in [6.07, 6.45) is 5.33. The molecule has 3 rings (SSSR count). The molecule has 0 aliphatic rings. The first kappa shape index (κ1) is 16.7.